The number of rotatable bonds is 8. The minimum Gasteiger partial charge on any atom is -0.494 e. The van der Waals surface area contributed by atoms with E-state index in [0.717, 1.165) is 11.3 Å². The molecule has 140 valence electrons. The lowest BCUT2D eigenvalue weighted by Gasteiger charge is -2.15. The smallest absolute Gasteiger partial charge is 0.337 e. The Bertz CT molecular complexity index is 829. The highest BCUT2D eigenvalue weighted by atomic mass is 32.2. The van der Waals surface area contributed by atoms with Gasteiger partial charge in [0.1, 0.15) is 5.75 Å². The monoisotopic (exact) mass is 377 g/mol. The van der Waals surface area contributed by atoms with E-state index in [1.807, 2.05) is 31.2 Å². The van der Waals surface area contributed by atoms with Crippen LogP contribution in [0, 0.1) is 0 Å². The molecule has 2 rings (SSSR count). The quantitative estimate of drug-likeness (QED) is 0.715. The van der Waals surface area contributed by atoms with Crippen molar-refractivity contribution in [3.05, 3.63) is 65.2 Å². The van der Waals surface area contributed by atoms with Crippen molar-refractivity contribution in [1.29, 1.82) is 0 Å². The van der Waals surface area contributed by atoms with Crippen LogP contribution in [0.25, 0.3) is 0 Å². The highest BCUT2D eigenvalue weighted by molar-refractivity contribution is 7.88. The Morgan fingerprint density at radius 1 is 1.08 bits per heavy atom. The van der Waals surface area contributed by atoms with Crippen LogP contribution < -0.4 is 9.46 Å². The number of hydrogen-bond donors (Lipinski definition) is 1. The Balaban J connectivity index is 2.02. The highest BCUT2D eigenvalue weighted by Gasteiger charge is 2.17. The molecule has 26 heavy (non-hydrogen) atoms. The van der Waals surface area contributed by atoms with E-state index in [1.54, 1.807) is 31.2 Å². The maximum atomic E-state index is 12.4. The number of carbonyl (C=O) groups excluding carboxylic acids is 1. The van der Waals surface area contributed by atoms with Gasteiger partial charge in [0.2, 0.25) is 10.0 Å². The van der Waals surface area contributed by atoms with E-state index >= 15 is 0 Å². The van der Waals surface area contributed by atoms with E-state index in [9.17, 15) is 13.2 Å². The fourth-order valence-electron chi connectivity index (χ4n) is 2.47. The molecule has 0 fully saturated rings. The van der Waals surface area contributed by atoms with Gasteiger partial charge < -0.3 is 9.47 Å². The molecule has 0 aliphatic heterocycles. The highest BCUT2D eigenvalue weighted by Crippen LogP contribution is 2.19. The minimum absolute atomic E-state index is 0.171. The van der Waals surface area contributed by atoms with Crippen molar-refractivity contribution in [3.63, 3.8) is 0 Å². The number of carbonyl (C=O) groups is 1. The summed E-state index contributed by atoms with van der Waals surface area (Å²) in [6.45, 7) is 4.27. The lowest BCUT2D eigenvalue weighted by molar-refractivity contribution is 0.0600. The summed E-state index contributed by atoms with van der Waals surface area (Å²) in [5.41, 5.74) is 1.81. The van der Waals surface area contributed by atoms with Crippen molar-refractivity contribution in [2.24, 2.45) is 0 Å². The van der Waals surface area contributed by atoms with E-state index in [4.69, 9.17) is 4.74 Å². The molecule has 0 aliphatic rings. The molecule has 0 aromatic heterocycles. The second-order valence-corrected chi connectivity index (χ2v) is 7.54. The van der Waals surface area contributed by atoms with Crippen molar-refractivity contribution in [2.75, 3.05) is 13.7 Å². The molecule has 6 nitrogen and oxygen atoms in total. The average Bonchev–Trinajstić information content (AvgIpc) is 2.61. The Kier molecular flexibility index (Phi) is 6.76. The summed E-state index contributed by atoms with van der Waals surface area (Å²) in [6.07, 6.45) is 0. The van der Waals surface area contributed by atoms with Gasteiger partial charge in [-0.3, -0.25) is 0 Å². The zero-order chi connectivity index (χ0) is 19.2. The molecule has 0 bridgehead atoms. The second kappa shape index (κ2) is 8.82. The van der Waals surface area contributed by atoms with Crippen molar-refractivity contribution >= 4 is 16.0 Å². The van der Waals surface area contributed by atoms with Crippen LogP contribution in [0.4, 0.5) is 0 Å². The third-order valence-corrected chi connectivity index (χ3v) is 5.21. The van der Waals surface area contributed by atoms with Crippen molar-refractivity contribution < 1.29 is 22.7 Å². The lowest BCUT2D eigenvalue weighted by atomic mass is 10.1. The first-order valence-corrected chi connectivity index (χ1v) is 9.90. The Hall–Kier alpha value is -2.38. The maximum Gasteiger partial charge on any atom is 0.337 e. The fourth-order valence-corrected chi connectivity index (χ4v) is 3.86. The summed E-state index contributed by atoms with van der Waals surface area (Å²) >= 11 is 0. The van der Waals surface area contributed by atoms with Crippen LogP contribution in [0.5, 0.6) is 5.75 Å². The molecule has 1 unspecified atom stereocenters. The first-order chi connectivity index (χ1) is 12.3. The van der Waals surface area contributed by atoms with Crippen molar-refractivity contribution in [2.45, 2.75) is 25.6 Å². The van der Waals surface area contributed by atoms with Crippen LogP contribution in [0.1, 0.15) is 41.4 Å². The molecule has 7 heteroatoms. The van der Waals surface area contributed by atoms with Crippen molar-refractivity contribution in [3.8, 4) is 5.75 Å². The Morgan fingerprint density at radius 3 is 2.23 bits per heavy atom. The van der Waals surface area contributed by atoms with Gasteiger partial charge in [0.05, 0.1) is 25.0 Å². The van der Waals surface area contributed by atoms with Gasteiger partial charge in [-0.05, 0) is 49.2 Å². The molecule has 0 aliphatic carbocycles. The number of ether oxygens (including phenoxy) is 2. The number of esters is 1. The molecule has 0 saturated heterocycles. The van der Waals surface area contributed by atoms with Gasteiger partial charge in [0.15, 0.2) is 0 Å². The average molecular weight is 377 g/mol. The third-order valence-electron chi connectivity index (χ3n) is 3.78. The van der Waals surface area contributed by atoms with Crippen LogP contribution >= 0.6 is 0 Å². The first-order valence-electron chi connectivity index (χ1n) is 8.24. The largest absolute Gasteiger partial charge is 0.494 e. The predicted octanol–water partition coefficient (Wildman–Crippen LogP) is 3.05. The molecule has 0 saturated carbocycles. The molecule has 0 amide bonds. The summed E-state index contributed by atoms with van der Waals surface area (Å²) in [7, 11) is -2.24. The minimum atomic E-state index is -3.54. The molecule has 0 radical (unpaired) electrons. The summed E-state index contributed by atoms with van der Waals surface area (Å²) in [5, 5.41) is 0. The summed E-state index contributed by atoms with van der Waals surface area (Å²) < 4.78 is 37.5. The molecular formula is C19H23NO5S. The predicted molar refractivity (Wildman–Crippen MR) is 99.6 cm³/mol. The Labute approximate surface area is 154 Å². The topological polar surface area (TPSA) is 81.7 Å². The molecule has 1 N–H and O–H groups in total. The zero-order valence-electron chi connectivity index (χ0n) is 15.1. The van der Waals surface area contributed by atoms with Crippen LogP contribution in [0.2, 0.25) is 0 Å². The molecule has 0 heterocycles. The van der Waals surface area contributed by atoms with Crippen LogP contribution in [-0.4, -0.2) is 28.1 Å². The SMILES string of the molecule is CCOc1ccc(C(C)NS(=O)(=O)Cc2ccc(C(=O)OC)cc2)cc1. The number of benzene rings is 2. The first kappa shape index (κ1) is 19.9. The van der Waals surface area contributed by atoms with E-state index < -0.39 is 16.0 Å². The summed E-state index contributed by atoms with van der Waals surface area (Å²) in [5.74, 6) is 0.120. The zero-order valence-corrected chi connectivity index (χ0v) is 15.9. The van der Waals surface area contributed by atoms with Crippen molar-refractivity contribution in [1.82, 2.24) is 4.72 Å². The van der Waals surface area contributed by atoms with E-state index in [1.165, 1.54) is 7.11 Å². The molecule has 2 aromatic carbocycles. The van der Waals surface area contributed by atoms with Gasteiger partial charge in [-0.15, -0.1) is 0 Å². The van der Waals surface area contributed by atoms with E-state index in [0.29, 0.717) is 17.7 Å². The molecule has 1 atom stereocenters. The normalized spacial score (nSPS) is 12.4. The van der Waals surface area contributed by atoms with Gasteiger partial charge in [0, 0.05) is 6.04 Å². The number of hydrogen-bond acceptors (Lipinski definition) is 5. The van der Waals surface area contributed by atoms with Crippen LogP contribution in [-0.2, 0) is 20.5 Å². The Morgan fingerprint density at radius 2 is 1.69 bits per heavy atom. The maximum absolute atomic E-state index is 12.4. The van der Waals surface area contributed by atoms with E-state index in [-0.39, 0.29) is 11.8 Å². The number of nitrogens with one attached hydrogen (secondary N) is 1. The fraction of sp³-hybridized carbons (Fsp3) is 0.316. The number of sulfonamides is 1. The van der Waals surface area contributed by atoms with Gasteiger partial charge in [-0.2, -0.15) is 0 Å². The second-order valence-electron chi connectivity index (χ2n) is 5.79. The molecule has 2 aromatic rings. The standard InChI is InChI=1S/C19H23NO5S/c1-4-25-18-11-9-16(10-12-18)14(2)20-26(22,23)13-15-5-7-17(8-6-15)19(21)24-3/h5-12,14,20H,4,13H2,1-3H3. The van der Waals surface area contributed by atoms with Crippen LogP contribution in [0.3, 0.4) is 0 Å². The van der Waals surface area contributed by atoms with Gasteiger partial charge in [0.25, 0.3) is 0 Å². The molecule has 0 spiro atoms. The summed E-state index contributed by atoms with van der Waals surface area (Å²) in [4.78, 5) is 11.4. The molecular weight excluding hydrogens is 354 g/mol. The van der Waals surface area contributed by atoms with E-state index in [2.05, 4.69) is 9.46 Å². The summed E-state index contributed by atoms with van der Waals surface area (Å²) in [6, 6.07) is 13.2. The lowest BCUT2D eigenvalue weighted by Crippen LogP contribution is -2.28. The van der Waals surface area contributed by atoms with Gasteiger partial charge >= 0.3 is 5.97 Å². The van der Waals surface area contributed by atoms with Gasteiger partial charge in [-0.25, -0.2) is 17.9 Å². The number of methoxy groups -OCH3 is 1. The van der Waals surface area contributed by atoms with Crippen LogP contribution in [0.15, 0.2) is 48.5 Å². The van der Waals surface area contributed by atoms with Gasteiger partial charge in [-0.1, -0.05) is 24.3 Å². The third kappa shape index (κ3) is 5.57.